The molecule has 0 aromatic heterocycles. The van der Waals surface area contributed by atoms with Crippen molar-refractivity contribution in [2.24, 2.45) is 5.92 Å². The summed E-state index contributed by atoms with van der Waals surface area (Å²) in [4.78, 5) is 5.01. The van der Waals surface area contributed by atoms with Gasteiger partial charge in [-0.15, -0.1) is 0 Å². The van der Waals surface area contributed by atoms with Crippen LogP contribution in [-0.4, -0.2) is 48.1 Å². The van der Waals surface area contributed by atoms with E-state index in [1.54, 1.807) is 0 Å². The minimum Gasteiger partial charge on any atom is -0.299 e. The highest BCUT2D eigenvalue weighted by Gasteiger charge is 2.37. The van der Waals surface area contributed by atoms with E-state index < -0.39 is 0 Å². The third-order valence-electron chi connectivity index (χ3n) is 4.71. The number of rotatable bonds is 1. The average molecular weight is 235 g/mol. The second kappa shape index (κ2) is 4.96. The summed E-state index contributed by atoms with van der Waals surface area (Å²) in [5.41, 5.74) is 0.246. The summed E-state index contributed by atoms with van der Waals surface area (Å²) in [5.74, 6) is 0.267. The molecule has 2 fully saturated rings. The molecule has 2 atom stereocenters. The van der Waals surface area contributed by atoms with Gasteiger partial charge in [0.2, 0.25) is 0 Å². The second-order valence-electron chi connectivity index (χ2n) is 6.29. The van der Waals surface area contributed by atoms with Gasteiger partial charge in [-0.1, -0.05) is 12.8 Å². The fourth-order valence-electron chi connectivity index (χ4n) is 3.26. The summed E-state index contributed by atoms with van der Waals surface area (Å²) in [6.07, 6.45) is 4.87. The molecule has 2 unspecified atom stereocenters. The molecule has 0 amide bonds. The fourth-order valence-corrected chi connectivity index (χ4v) is 3.26. The maximum absolute atomic E-state index is 9.29. The molecule has 1 aliphatic carbocycles. The van der Waals surface area contributed by atoms with Crippen molar-refractivity contribution in [1.29, 1.82) is 5.26 Å². The van der Waals surface area contributed by atoms with Crippen LogP contribution in [0.25, 0.3) is 0 Å². The Morgan fingerprint density at radius 3 is 2.53 bits per heavy atom. The Kier molecular flexibility index (Phi) is 3.75. The first-order valence-electron chi connectivity index (χ1n) is 6.89. The first kappa shape index (κ1) is 12.9. The molecule has 0 radical (unpaired) electrons. The van der Waals surface area contributed by atoms with Crippen molar-refractivity contribution in [3.05, 3.63) is 0 Å². The van der Waals surface area contributed by atoms with Gasteiger partial charge in [-0.2, -0.15) is 5.26 Å². The van der Waals surface area contributed by atoms with Gasteiger partial charge in [0, 0.05) is 31.2 Å². The van der Waals surface area contributed by atoms with Gasteiger partial charge in [-0.05, 0) is 33.7 Å². The molecule has 0 aromatic rings. The van der Waals surface area contributed by atoms with Gasteiger partial charge in [-0.25, -0.2) is 0 Å². The Hall–Kier alpha value is -0.590. The van der Waals surface area contributed by atoms with Gasteiger partial charge in [-0.3, -0.25) is 9.80 Å². The molecule has 3 heteroatoms. The van der Waals surface area contributed by atoms with E-state index in [9.17, 15) is 5.26 Å². The second-order valence-corrected chi connectivity index (χ2v) is 6.29. The quantitative estimate of drug-likeness (QED) is 0.697. The first-order chi connectivity index (χ1) is 8.04. The molecule has 1 aliphatic heterocycles. The van der Waals surface area contributed by atoms with Gasteiger partial charge >= 0.3 is 0 Å². The molecular weight excluding hydrogens is 210 g/mol. The number of piperazine rings is 1. The van der Waals surface area contributed by atoms with Gasteiger partial charge in [0.05, 0.1) is 12.0 Å². The molecule has 1 heterocycles. The van der Waals surface area contributed by atoms with Crippen LogP contribution in [0.1, 0.15) is 39.5 Å². The number of nitriles is 1. The van der Waals surface area contributed by atoms with Crippen molar-refractivity contribution in [3.63, 3.8) is 0 Å². The standard InChI is InChI=1S/C14H25N3/c1-14(2)11-17(9-8-16(14)3)13-7-5-4-6-12(13)10-15/h12-13H,4-9,11H2,1-3H3. The van der Waals surface area contributed by atoms with Crippen LogP contribution in [0.15, 0.2) is 0 Å². The molecule has 2 aliphatic rings. The molecule has 2 rings (SSSR count). The van der Waals surface area contributed by atoms with Crippen LogP contribution < -0.4 is 0 Å². The molecule has 3 nitrogen and oxygen atoms in total. The van der Waals surface area contributed by atoms with Gasteiger partial charge in [0.25, 0.3) is 0 Å². The van der Waals surface area contributed by atoms with Gasteiger partial charge < -0.3 is 0 Å². The highest BCUT2D eigenvalue weighted by atomic mass is 15.3. The molecule has 0 N–H and O–H groups in total. The van der Waals surface area contributed by atoms with Gasteiger partial charge in [0.1, 0.15) is 0 Å². The summed E-state index contributed by atoms with van der Waals surface area (Å²) in [6, 6.07) is 3.05. The van der Waals surface area contributed by atoms with E-state index in [1.807, 2.05) is 0 Å². The van der Waals surface area contributed by atoms with E-state index in [-0.39, 0.29) is 11.5 Å². The summed E-state index contributed by atoms with van der Waals surface area (Å²) in [7, 11) is 2.21. The lowest BCUT2D eigenvalue weighted by molar-refractivity contribution is -0.00120. The molecule has 17 heavy (non-hydrogen) atoms. The molecule has 0 bridgehead atoms. The third-order valence-corrected chi connectivity index (χ3v) is 4.71. The monoisotopic (exact) mass is 235 g/mol. The van der Waals surface area contributed by atoms with Crippen LogP contribution in [-0.2, 0) is 0 Å². The number of hydrogen-bond donors (Lipinski definition) is 0. The van der Waals surface area contributed by atoms with Crippen LogP contribution in [0.5, 0.6) is 0 Å². The largest absolute Gasteiger partial charge is 0.299 e. The predicted molar refractivity (Wildman–Crippen MR) is 69.6 cm³/mol. The zero-order valence-electron chi connectivity index (χ0n) is 11.4. The van der Waals surface area contributed by atoms with E-state index in [2.05, 4.69) is 36.8 Å². The molecule has 1 saturated heterocycles. The third kappa shape index (κ3) is 2.64. The maximum Gasteiger partial charge on any atom is 0.0672 e. The van der Waals surface area contributed by atoms with Crippen LogP contribution in [0.4, 0.5) is 0 Å². The molecule has 96 valence electrons. The topological polar surface area (TPSA) is 30.3 Å². The van der Waals surface area contributed by atoms with Crippen molar-refractivity contribution in [2.45, 2.75) is 51.1 Å². The average Bonchev–Trinajstić information content (AvgIpc) is 2.32. The highest BCUT2D eigenvalue weighted by Crippen LogP contribution is 2.31. The van der Waals surface area contributed by atoms with Gasteiger partial charge in [0.15, 0.2) is 0 Å². The van der Waals surface area contributed by atoms with E-state index in [0.717, 1.165) is 26.1 Å². The van der Waals surface area contributed by atoms with Crippen molar-refractivity contribution < 1.29 is 0 Å². The van der Waals surface area contributed by atoms with Crippen LogP contribution in [0.3, 0.4) is 0 Å². The molecule has 0 spiro atoms. The van der Waals surface area contributed by atoms with E-state index in [4.69, 9.17) is 0 Å². The van der Waals surface area contributed by atoms with E-state index in [0.29, 0.717) is 6.04 Å². The van der Waals surface area contributed by atoms with Crippen LogP contribution in [0.2, 0.25) is 0 Å². The Morgan fingerprint density at radius 2 is 1.88 bits per heavy atom. The number of likely N-dealkylation sites (N-methyl/N-ethyl adjacent to an activating group) is 1. The Morgan fingerprint density at radius 1 is 1.18 bits per heavy atom. The summed E-state index contributed by atoms with van der Waals surface area (Å²) >= 11 is 0. The normalized spacial score (nSPS) is 35.4. The van der Waals surface area contributed by atoms with Crippen molar-refractivity contribution >= 4 is 0 Å². The van der Waals surface area contributed by atoms with E-state index >= 15 is 0 Å². The zero-order valence-corrected chi connectivity index (χ0v) is 11.4. The Bertz CT molecular complexity index is 305. The SMILES string of the molecule is CN1CCN(C2CCCCC2C#N)CC1(C)C. The summed E-state index contributed by atoms with van der Waals surface area (Å²) in [6.45, 7) is 7.98. The smallest absolute Gasteiger partial charge is 0.0672 e. The minimum absolute atomic E-state index is 0.246. The number of nitrogens with zero attached hydrogens (tertiary/aromatic N) is 3. The van der Waals surface area contributed by atoms with Crippen LogP contribution >= 0.6 is 0 Å². The first-order valence-corrected chi connectivity index (χ1v) is 6.89. The van der Waals surface area contributed by atoms with Crippen molar-refractivity contribution in [3.8, 4) is 6.07 Å². The Balaban J connectivity index is 2.04. The van der Waals surface area contributed by atoms with E-state index in [1.165, 1.54) is 19.3 Å². The maximum atomic E-state index is 9.29. The fraction of sp³-hybridized carbons (Fsp3) is 0.929. The lowest BCUT2D eigenvalue weighted by Gasteiger charge is -2.49. The van der Waals surface area contributed by atoms with Crippen molar-refractivity contribution in [1.82, 2.24) is 9.80 Å². The zero-order chi connectivity index (χ0) is 12.5. The van der Waals surface area contributed by atoms with Crippen LogP contribution in [0, 0.1) is 17.2 Å². The summed E-state index contributed by atoms with van der Waals surface area (Å²) < 4.78 is 0. The molecule has 0 aromatic carbocycles. The molecular formula is C14H25N3. The lowest BCUT2D eigenvalue weighted by Crippen LogP contribution is -2.61. The summed E-state index contributed by atoms with van der Waals surface area (Å²) in [5, 5.41) is 9.29. The minimum atomic E-state index is 0.246. The predicted octanol–water partition coefficient (Wildman–Crippen LogP) is 2.09. The number of hydrogen-bond acceptors (Lipinski definition) is 3. The highest BCUT2D eigenvalue weighted by molar-refractivity contribution is 4.99. The van der Waals surface area contributed by atoms with Crippen molar-refractivity contribution in [2.75, 3.05) is 26.7 Å². The Labute approximate surface area is 105 Å². The molecule has 1 saturated carbocycles. The lowest BCUT2D eigenvalue weighted by atomic mass is 9.83.